The van der Waals surface area contributed by atoms with E-state index in [1.165, 1.54) is 0 Å². The Balaban J connectivity index is 1.60. The van der Waals surface area contributed by atoms with Gasteiger partial charge in [-0.15, -0.1) is 0 Å². The first-order valence-electron chi connectivity index (χ1n) is 7.92. The first-order chi connectivity index (χ1) is 12.1. The van der Waals surface area contributed by atoms with Gasteiger partial charge in [0.1, 0.15) is 12.1 Å². The van der Waals surface area contributed by atoms with Gasteiger partial charge in [0.25, 0.3) is 0 Å². The maximum atomic E-state index is 6.40. The Hall–Kier alpha value is -1.66. The molecular formula is C18H16Cl2N4S. The van der Waals surface area contributed by atoms with Crippen LogP contribution in [0.4, 0.5) is 5.82 Å². The molecule has 0 bridgehead atoms. The lowest BCUT2D eigenvalue weighted by Crippen LogP contribution is -2.29. The molecule has 7 heteroatoms. The normalized spacial score (nSPS) is 20.2. The summed E-state index contributed by atoms with van der Waals surface area (Å²) < 4.78 is 0. The number of benzene rings is 1. The van der Waals surface area contributed by atoms with Crippen molar-refractivity contribution in [2.24, 2.45) is 5.73 Å². The minimum atomic E-state index is -0.0155. The molecule has 25 heavy (non-hydrogen) atoms. The SMILES string of the molecule is N[C@H]1CN(c2cc(-c3ccsc3)ncn2)C[C@@H]1c1ccc(Cl)cc1Cl. The van der Waals surface area contributed by atoms with Crippen molar-refractivity contribution in [3.63, 3.8) is 0 Å². The van der Waals surface area contributed by atoms with Crippen LogP contribution in [0.25, 0.3) is 11.3 Å². The van der Waals surface area contributed by atoms with Crippen molar-refractivity contribution in [3.05, 3.63) is 63.0 Å². The van der Waals surface area contributed by atoms with Crippen molar-refractivity contribution in [1.29, 1.82) is 0 Å². The zero-order chi connectivity index (χ0) is 17.4. The standard InChI is InChI=1S/C18H16Cl2N4S/c19-12-1-2-13(15(20)5-12)14-7-24(8-16(14)21)18-6-17(22-10-23-18)11-3-4-25-9-11/h1-6,9-10,14,16H,7-8,21H2/t14-,16+/m1/s1. The number of rotatable bonds is 3. The monoisotopic (exact) mass is 390 g/mol. The Morgan fingerprint density at radius 3 is 2.76 bits per heavy atom. The van der Waals surface area contributed by atoms with E-state index < -0.39 is 0 Å². The summed E-state index contributed by atoms with van der Waals surface area (Å²) in [5.41, 5.74) is 9.47. The van der Waals surface area contributed by atoms with Gasteiger partial charge in [-0.1, -0.05) is 29.3 Å². The van der Waals surface area contributed by atoms with Crippen molar-refractivity contribution in [1.82, 2.24) is 9.97 Å². The third kappa shape index (κ3) is 3.37. The summed E-state index contributed by atoms with van der Waals surface area (Å²) in [5.74, 6) is 1.03. The number of halogens is 2. The fourth-order valence-electron chi connectivity index (χ4n) is 3.24. The molecule has 1 aliphatic heterocycles. The molecule has 4 nitrogen and oxygen atoms in total. The van der Waals surface area contributed by atoms with E-state index in [1.54, 1.807) is 23.7 Å². The van der Waals surface area contributed by atoms with Crippen molar-refractivity contribution < 1.29 is 0 Å². The highest BCUT2D eigenvalue weighted by atomic mass is 35.5. The minimum absolute atomic E-state index is 0.0155. The van der Waals surface area contributed by atoms with Gasteiger partial charge in [-0.05, 0) is 29.1 Å². The van der Waals surface area contributed by atoms with Crippen LogP contribution >= 0.6 is 34.5 Å². The molecule has 128 valence electrons. The van der Waals surface area contributed by atoms with Crippen molar-refractivity contribution in [2.45, 2.75) is 12.0 Å². The average Bonchev–Trinajstić information content (AvgIpc) is 3.25. The summed E-state index contributed by atoms with van der Waals surface area (Å²) in [4.78, 5) is 11.0. The quantitative estimate of drug-likeness (QED) is 0.717. The smallest absolute Gasteiger partial charge is 0.132 e. The average molecular weight is 391 g/mol. The first kappa shape index (κ1) is 16.8. The van der Waals surface area contributed by atoms with E-state index in [4.69, 9.17) is 28.9 Å². The molecule has 0 amide bonds. The summed E-state index contributed by atoms with van der Waals surface area (Å²) in [6, 6.07) is 9.65. The van der Waals surface area contributed by atoms with Gasteiger partial charge in [0.15, 0.2) is 0 Å². The molecule has 1 aliphatic rings. The molecule has 3 heterocycles. The van der Waals surface area contributed by atoms with Gasteiger partial charge < -0.3 is 10.6 Å². The molecule has 2 aromatic heterocycles. The Kier molecular flexibility index (Phi) is 4.65. The van der Waals surface area contributed by atoms with Crippen molar-refractivity contribution in [3.8, 4) is 11.3 Å². The Morgan fingerprint density at radius 2 is 2.00 bits per heavy atom. The molecule has 1 saturated heterocycles. The maximum absolute atomic E-state index is 6.40. The van der Waals surface area contributed by atoms with Crippen LogP contribution in [-0.4, -0.2) is 29.1 Å². The van der Waals surface area contributed by atoms with Gasteiger partial charge in [-0.2, -0.15) is 11.3 Å². The lowest BCUT2D eigenvalue weighted by Gasteiger charge is -2.18. The molecule has 1 fully saturated rings. The highest BCUT2D eigenvalue weighted by Crippen LogP contribution is 2.35. The molecule has 3 aromatic rings. The minimum Gasteiger partial charge on any atom is -0.354 e. The predicted molar refractivity (Wildman–Crippen MR) is 105 cm³/mol. The van der Waals surface area contributed by atoms with Crippen LogP contribution in [0.5, 0.6) is 0 Å². The van der Waals surface area contributed by atoms with Gasteiger partial charge in [-0.3, -0.25) is 0 Å². The molecule has 2 atom stereocenters. The molecule has 2 N–H and O–H groups in total. The second-order valence-corrected chi connectivity index (χ2v) is 7.74. The summed E-state index contributed by atoms with van der Waals surface area (Å²) in [7, 11) is 0. The van der Waals surface area contributed by atoms with Gasteiger partial charge in [0.2, 0.25) is 0 Å². The second-order valence-electron chi connectivity index (χ2n) is 6.11. The number of aromatic nitrogens is 2. The molecule has 0 unspecified atom stereocenters. The molecule has 0 aliphatic carbocycles. The van der Waals surface area contributed by atoms with Crippen LogP contribution in [0.15, 0.2) is 47.4 Å². The molecular weight excluding hydrogens is 375 g/mol. The van der Waals surface area contributed by atoms with E-state index in [9.17, 15) is 0 Å². The zero-order valence-corrected chi connectivity index (χ0v) is 15.6. The van der Waals surface area contributed by atoms with E-state index in [0.29, 0.717) is 10.0 Å². The second kappa shape index (κ2) is 6.92. The van der Waals surface area contributed by atoms with Crippen LogP contribution < -0.4 is 10.6 Å². The third-order valence-corrected chi connectivity index (χ3v) is 5.77. The number of anilines is 1. The predicted octanol–water partition coefficient (Wildman–Crippen LogP) is 4.44. The van der Waals surface area contributed by atoms with Crippen LogP contribution in [0.2, 0.25) is 10.0 Å². The highest BCUT2D eigenvalue weighted by molar-refractivity contribution is 7.08. The summed E-state index contributed by atoms with van der Waals surface area (Å²) in [6.45, 7) is 1.49. The van der Waals surface area contributed by atoms with Gasteiger partial charge in [0, 0.05) is 52.1 Å². The van der Waals surface area contributed by atoms with Crippen LogP contribution in [0.3, 0.4) is 0 Å². The first-order valence-corrected chi connectivity index (χ1v) is 9.62. The molecule has 0 saturated carbocycles. The van der Waals surface area contributed by atoms with E-state index in [-0.39, 0.29) is 12.0 Å². The fraction of sp³-hybridized carbons (Fsp3) is 0.222. The number of nitrogens with two attached hydrogens (primary N) is 1. The Bertz CT molecular complexity index is 885. The summed E-state index contributed by atoms with van der Waals surface area (Å²) in [6.07, 6.45) is 1.61. The van der Waals surface area contributed by atoms with E-state index in [2.05, 4.69) is 26.3 Å². The molecule has 0 spiro atoms. The van der Waals surface area contributed by atoms with Crippen LogP contribution in [-0.2, 0) is 0 Å². The van der Waals surface area contributed by atoms with Gasteiger partial charge >= 0.3 is 0 Å². The van der Waals surface area contributed by atoms with E-state index in [1.807, 2.05) is 23.6 Å². The van der Waals surface area contributed by atoms with Gasteiger partial charge in [-0.25, -0.2) is 9.97 Å². The van der Waals surface area contributed by atoms with Crippen molar-refractivity contribution in [2.75, 3.05) is 18.0 Å². The summed E-state index contributed by atoms with van der Waals surface area (Å²) >= 11 is 14.0. The Morgan fingerprint density at radius 1 is 1.12 bits per heavy atom. The number of nitrogens with zero attached hydrogens (tertiary/aromatic N) is 3. The molecule has 4 rings (SSSR count). The van der Waals surface area contributed by atoms with Crippen LogP contribution in [0, 0.1) is 0 Å². The van der Waals surface area contributed by atoms with E-state index >= 15 is 0 Å². The van der Waals surface area contributed by atoms with E-state index in [0.717, 1.165) is 35.7 Å². The highest BCUT2D eigenvalue weighted by Gasteiger charge is 2.33. The lowest BCUT2D eigenvalue weighted by atomic mass is 9.95. The fourth-order valence-corrected chi connectivity index (χ4v) is 4.43. The van der Waals surface area contributed by atoms with Gasteiger partial charge in [0.05, 0.1) is 5.69 Å². The Labute approximate surface area is 160 Å². The number of hydrogen-bond donors (Lipinski definition) is 1. The number of hydrogen-bond acceptors (Lipinski definition) is 5. The third-order valence-electron chi connectivity index (χ3n) is 4.52. The molecule has 1 aromatic carbocycles. The largest absolute Gasteiger partial charge is 0.354 e. The lowest BCUT2D eigenvalue weighted by molar-refractivity contribution is 0.653. The number of thiophene rings is 1. The topological polar surface area (TPSA) is 55.0 Å². The van der Waals surface area contributed by atoms with Crippen LogP contribution in [0.1, 0.15) is 11.5 Å². The van der Waals surface area contributed by atoms with Crippen molar-refractivity contribution >= 4 is 40.4 Å². The maximum Gasteiger partial charge on any atom is 0.132 e. The summed E-state index contributed by atoms with van der Waals surface area (Å²) in [5, 5.41) is 5.42. The molecule has 0 radical (unpaired) electrons. The zero-order valence-electron chi connectivity index (χ0n) is 13.3.